The van der Waals surface area contributed by atoms with Crippen LogP contribution in [0.1, 0.15) is 57.6 Å². The summed E-state index contributed by atoms with van der Waals surface area (Å²) in [6, 6.07) is 15.2. The molecule has 2 aliphatic rings. The van der Waals surface area contributed by atoms with Crippen LogP contribution in [0.4, 0.5) is 16.2 Å². The third kappa shape index (κ3) is 5.78. The molecule has 1 saturated heterocycles. The van der Waals surface area contributed by atoms with Gasteiger partial charge in [-0.25, -0.2) is 4.79 Å². The minimum absolute atomic E-state index is 0.0615. The number of fused-ring (bicyclic) bond motifs is 1. The average Bonchev–Trinajstić information content (AvgIpc) is 3.04. The summed E-state index contributed by atoms with van der Waals surface area (Å²) >= 11 is 0. The second-order valence-electron chi connectivity index (χ2n) is 10.8. The van der Waals surface area contributed by atoms with Crippen molar-refractivity contribution in [1.29, 1.82) is 0 Å². The van der Waals surface area contributed by atoms with E-state index >= 15 is 0 Å². The van der Waals surface area contributed by atoms with E-state index in [1.807, 2.05) is 49.4 Å². The highest BCUT2D eigenvalue weighted by Crippen LogP contribution is 2.35. The van der Waals surface area contributed by atoms with E-state index < -0.39 is 12.2 Å². The maximum absolute atomic E-state index is 13.8. The second kappa shape index (κ2) is 10.8. The topological polar surface area (TPSA) is 77.0 Å². The van der Waals surface area contributed by atoms with E-state index in [4.69, 9.17) is 4.99 Å². The van der Waals surface area contributed by atoms with Gasteiger partial charge in [0.1, 0.15) is 0 Å². The van der Waals surface area contributed by atoms with Gasteiger partial charge < -0.3 is 15.5 Å². The normalized spacial score (nSPS) is 22.2. The molecule has 2 N–H and O–H groups in total. The van der Waals surface area contributed by atoms with Crippen molar-refractivity contribution in [1.82, 2.24) is 10.2 Å². The van der Waals surface area contributed by atoms with Gasteiger partial charge in [0.05, 0.1) is 17.4 Å². The zero-order valence-electron chi connectivity index (χ0n) is 22.2. The van der Waals surface area contributed by atoms with Gasteiger partial charge in [0.15, 0.2) is 0 Å². The number of carbonyl (C=O) groups excluding carboxylic acids is 2. The van der Waals surface area contributed by atoms with Crippen molar-refractivity contribution < 1.29 is 9.59 Å². The molecule has 4 rings (SSSR count). The SMILES string of the molecule is CCCN1C(=O)[C@H](NC(=O)Nc2cccc(C)c2)N=C([C@H]2CCC(C)(C)CCN2C)c2ccccc21. The van der Waals surface area contributed by atoms with E-state index in [9.17, 15) is 9.59 Å². The Morgan fingerprint density at radius 1 is 1.14 bits per heavy atom. The lowest BCUT2D eigenvalue weighted by atomic mass is 9.84. The fourth-order valence-electron chi connectivity index (χ4n) is 5.14. The van der Waals surface area contributed by atoms with Gasteiger partial charge in [0, 0.05) is 17.8 Å². The maximum atomic E-state index is 13.8. The molecule has 0 saturated carbocycles. The second-order valence-corrected chi connectivity index (χ2v) is 10.8. The van der Waals surface area contributed by atoms with Crippen LogP contribution in [0.3, 0.4) is 0 Å². The number of anilines is 2. The van der Waals surface area contributed by atoms with Gasteiger partial charge in [-0.1, -0.05) is 51.1 Å². The number of nitrogens with one attached hydrogen (secondary N) is 2. The Labute approximate surface area is 215 Å². The highest BCUT2D eigenvalue weighted by atomic mass is 16.2. The molecule has 0 aliphatic carbocycles. The van der Waals surface area contributed by atoms with Crippen molar-refractivity contribution in [2.24, 2.45) is 10.4 Å². The molecule has 3 amide bonds. The molecule has 0 aromatic heterocycles. The van der Waals surface area contributed by atoms with Gasteiger partial charge in [-0.2, -0.15) is 0 Å². The highest BCUT2D eigenvalue weighted by Gasteiger charge is 2.37. The Morgan fingerprint density at radius 2 is 1.92 bits per heavy atom. The molecular formula is C29H39N5O2. The number of nitrogens with zero attached hydrogens (tertiary/aromatic N) is 3. The van der Waals surface area contributed by atoms with Crippen molar-refractivity contribution in [2.45, 2.75) is 65.6 Å². The number of likely N-dealkylation sites (N-methyl/N-ethyl adjacent to an activating group) is 1. The first-order valence-electron chi connectivity index (χ1n) is 13.0. The molecule has 2 aromatic rings. The first kappa shape index (κ1) is 25.9. The summed E-state index contributed by atoms with van der Waals surface area (Å²) < 4.78 is 0. The van der Waals surface area contributed by atoms with Crippen molar-refractivity contribution in [2.75, 3.05) is 30.4 Å². The summed E-state index contributed by atoms with van der Waals surface area (Å²) in [5.41, 5.74) is 4.68. The Balaban J connectivity index is 1.72. The van der Waals surface area contributed by atoms with Gasteiger partial charge in [0.25, 0.3) is 5.91 Å². The molecule has 7 nitrogen and oxygen atoms in total. The standard InChI is InChI=1S/C29H39N5O2/c1-6-17-34-23-13-8-7-12-22(23)25(24-14-15-29(3,4)16-18-33(24)5)31-26(27(34)35)32-28(36)30-21-11-9-10-20(2)19-21/h7-13,19,24,26H,6,14-18H2,1-5H3,(H2,30,32,36)/t24-,26+/m1/s1. The van der Waals surface area contributed by atoms with Gasteiger partial charge in [0.2, 0.25) is 6.17 Å². The van der Waals surface area contributed by atoms with Crippen LogP contribution in [0, 0.1) is 12.3 Å². The molecule has 192 valence electrons. The van der Waals surface area contributed by atoms with Gasteiger partial charge in [-0.05, 0) is 75.4 Å². The van der Waals surface area contributed by atoms with E-state index in [-0.39, 0.29) is 17.4 Å². The zero-order valence-corrected chi connectivity index (χ0v) is 22.2. The third-order valence-corrected chi connectivity index (χ3v) is 7.31. The number of hydrogen-bond acceptors (Lipinski definition) is 4. The van der Waals surface area contributed by atoms with Gasteiger partial charge in [-0.15, -0.1) is 0 Å². The molecule has 2 heterocycles. The number of benzene rings is 2. The Bertz CT molecular complexity index is 1140. The summed E-state index contributed by atoms with van der Waals surface area (Å²) in [5.74, 6) is -0.213. The number of rotatable bonds is 5. The van der Waals surface area contributed by atoms with Crippen LogP contribution in [0.5, 0.6) is 0 Å². The van der Waals surface area contributed by atoms with E-state index in [0.717, 1.165) is 54.8 Å². The van der Waals surface area contributed by atoms with Crippen LogP contribution in [-0.4, -0.2) is 54.9 Å². The number of amides is 3. The van der Waals surface area contributed by atoms with Crippen molar-refractivity contribution in [3.05, 3.63) is 59.7 Å². The monoisotopic (exact) mass is 489 g/mol. The van der Waals surface area contributed by atoms with Crippen molar-refractivity contribution in [3.63, 3.8) is 0 Å². The quantitative estimate of drug-likeness (QED) is 0.606. The van der Waals surface area contributed by atoms with Crippen LogP contribution in [0.2, 0.25) is 0 Å². The number of carbonyl (C=O) groups is 2. The highest BCUT2D eigenvalue weighted by molar-refractivity contribution is 6.15. The minimum Gasteiger partial charge on any atom is -0.308 e. The smallest absolute Gasteiger partial charge is 0.308 e. The van der Waals surface area contributed by atoms with Crippen molar-refractivity contribution >= 4 is 29.0 Å². The molecule has 36 heavy (non-hydrogen) atoms. The molecule has 0 radical (unpaired) electrons. The Hall–Kier alpha value is -3.19. The number of benzodiazepines with no additional fused rings is 1. The van der Waals surface area contributed by atoms with Crippen LogP contribution in [0.15, 0.2) is 53.5 Å². The molecule has 0 bridgehead atoms. The summed E-state index contributed by atoms with van der Waals surface area (Å²) in [7, 11) is 2.14. The molecule has 2 aliphatic heterocycles. The summed E-state index contributed by atoms with van der Waals surface area (Å²) in [4.78, 5) is 35.9. The summed E-state index contributed by atoms with van der Waals surface area (Å²) in [6.07, 6.45) is 2.92. The van der Waals surface area contributed by atoms with Crippen LogP contribution in [-0.2, 0) is 4.79 Å². The van der Waals surface area contributed by atoms with Gasteiger partial charge >= 0.3 is 6.03 Å². The predicted octanol–water partition coefficient (Wildman–Crippen LogP) is 5.20. The van der Waals surface area contributed by atoms with E-state index in [2.05, 4.69) is 49.4 Å². The summed E-state index contributed by atoms with van der Waals surface area (Å²) in [5, 5.41) is 5.73. The van der Waals surface area contributed by atoms with Crippen molar-refractivity contribution in [3.8, 4) is 0 Å². The Kier molecular flexibility index (Phi) is 7.79. The number of aliphatic imine (C=N–C) groups is 1. The van der Waals surface area contributed by atoms with Gasteiger partial charge in [-0.3, -0.25) is 14.7 Å². The van der Waals surface area contributed by atoms with E-state index in [0.29, 0.717) is 12.2 Å². The molecule has 0 unspecified atom stereocenters. The van der Waals surface area contributed by atoms with Crippen LogP contribution in [0.25, 0.3) is 0 Å². The lowest BCUT2D eigenvalue weighted by molar-refractivity contribution is -0.120. The third-order valence-electron chi connectivity index (χ3n) is 7.31. The molecule has 7 heteroatoms. The van der Waals surface area contributed by atoms with E-state index in [1.54, 1.807) is 4.90 Å². The lowest BCUT2D eigenvalue weighted by Gasteiger charge is -2.28. The molecule has 2 atom stereocenters. The fraction of sp³-hybridized carbons (Fsp3) is 0.483. The predicted molar refractivity (Wildman–Crippen MR) is 147 cm³/mol. The number of para-hydroxylation sites is 1. The molecule has 2 aromatic carbocycles. The number of urea groups is 1. The van der Waals surface area contributed by atoms with Crippen LogP contribution < -0.4 is 15.5 Å². The maximum Gasteiger partial charge on any atom is 0.321 e. The molecular weight excluding hydrogens is 450 g/mol. The lowest BCUT2D eigenvalue weighted by Crippen LogP contribution is -2.49. The van der Waals surface area contributed by atoms with E-state index in [1.165, 1.54) is 0 Å². The first-order chi connectivity index (χ1) is 17.2. The fourth-order valence-corrected chi connectivity index (χ4v) is 5.14. The Morgan fingerprint density at radius 3 is 2.67 bits per heavy atom. The minimum atomic E-state index is -1.01. The first-order valence-corrected chi connectivity index (χ1v) is 13.0. The van der Waals surface area contributed by atoms with Crippen LogP contribution >= 0.6 is 0 Å². The molecule has 0 spiro atoms. The number of aryl methyl sites for hydroxylation is 1. The average molecular weight is 490 g/mol. The molecule has 1 fully saturated rings. The number of hydrogen-bond donors (Lipinski definition) is 2. The number of likely N-dealkylation sites (tertiary alicyclic amines) is 1. The zero-order chi connectivity index (χ0) is 25.9. The summed E-state index contributed by atoms with van der Waals surface area (Å²) in [6.45, 7) is 10.2. The largest absolute Gasteiger partial charge is 0.321 e.